The van der Waals surface area contributed by atoms with Gasteiger partial charge in [0.05, 0.1) is 17.8 Å². The van der Waals surface area contributed by atoms with E-state index in [-0.39, 0.29) is 12.1 Å². The van der Waals surface area contributed by atoms with Gasteiger partial charge in [-0.1, -0.05) is 12.8 Å². The monoisotopic (exact) mass is 266 g/mol. The molecule has 1 aromatic heterocycles. The zero-order valence-corrected chi connectivity index (χ0v) is 12.2. The van der Waals surface area contributed by atoms with Gasteiger partial charge in [-0.25, -0.2) is 0 Å². The third-order valence-corrected chi connectivity index (χ3v) is 4.12. The van der Waals surface area contributed by atoms with Gasteiger partial charge in [-0.15, -0.1) is 0 Å². The quantitative estimate of drug-likeness (QED) is 0.836. The topological polar surface area (TPSA) is 67.3 Å². The van der Waals surface area contributed by atoms with E-state index >= 15 is 0 Å². The molecule has 0 amide bonds. The van der Waals surface area contributed by atoms with Crippen LogP contribution in [0.4, 0.5) is 0 Å². The number of hydrogen-bond donors (Lipinski definition) is 2. The van der Waals surface area contributed by atoms with Crippen molar-refractivity contribution in [1.29, 1.82) is 0 Å². The van der Waals surface area contributed by atoms with Crippen LogP contribution >= 0.6 is 0 Å². The van der Waals surface area contributed by atoms with Gasteiger partial charge in [0.2, 0.25) is 0 Å². The van der Waals surface area contributed by atoms with Gasteiger partial charge >= 0.3 is 0 Å². The predicted octanol–water partition coefficient (Wildman–Crippen LogP) is 1.05. The first kappa shape index (κ1) is 14.5. The summed E-state index contributed by atoms with van der Waals surface area (Å²) in [5, 5.41) is 14.8. The van der Waals surface area contributed by atoms with E-state index in [1.807, 2.05) is 33.4 Å². The Labute approximate surface area is 115 Å². The minimum atomic E-state index is -0.538. The maximum atomic E-state index is 10.5. The van der Waals surface area contributed by atoms with Crippen LogP contribution in [-0.2, 0) is 7.05 Å². The van der Waals surface area contributed by atoms with Crippen molar-refractivity contribution in [3.05, 3.63) is 18.0 Å². The summed E-state index contributed by atoms with van der Waals surface area (Å²) in [5.41, 5.74) is 6.71. The van der Waals surface area contributed by atoms with E-state index in [9.17, 15) is 5.11 Å². The van der Waals surface area contributed by atoms with Crippen LogP contribution in [0.5, 0.6) is 0 Å². The molecule has 2 rings (SSSR count). The van der Waals surface area contributed by atoms with Crippen molar-refractivity contribution in [1.82, 2.24) is 14.7 Å². The Balaban J connectivity index is 2.10. The van der Waals surface area contributed by atoms with E-state index in [0.717, 1.165) is 31.2 Å². The molecule has 5 heteroatoms. The van der Waals surface area contributed by atoms with Gasteiger partial charge in [-0.2, -0.15) is 5.10 Å². The molecular formula is C14H26N4O. The minimum absolute atomic E-state index is 0.000738. The number of aromatic nitrogens is 2. The molecule has 0 aromatic carbocycles. The maximum Gasteiger partial charge on any atom is 0.0774 e. The van der Waals surface area contributed by atoms with Crippen molar-refractivity contribution in [3.8, 4) is 0 Å². The molecule has 5 nitrogen and oxygen atoms in total. The Hall–Kier alpha value is -0.910. The lowest BCUT2D eigenvalue weighted by Gasteiger charge is -2.35. The van der Waals surface area contributed by atoms with Crippen LogP contribution in [0.2, 0.25) is 0 Å². The van der Waals surface area contributed by atoms with Crippen LogP contribution in [0.1, 0.15) is 44.2 Å². The summed E-state index contributed by atoms with van der Waals surface area (Å²) >= 11 is 0. The highest BCUT2D eigenvalue weighted by atomic mass is 16.3. The van der Waals surface area contributed by atoms with Gasteiger partial charge in [-0.05, 0) is 26.8 Å². The van der Waals surface area contributed by atoms with Crippen molar-refractivity contribution >= 4 is 0 Å². The average Bonchev–Trinajstić information content (AvgIpc) is 2.88. The van der Waals surface area contributed by atoms with Crippen LogP contribution in [0.25, 0.3) is 0 Å². The van der Waals surface area contributed by atoms with Gasteiger partial charge < -0.3 is 10.8 Å². The molecule has 1 heterocycles. The lowest BCUT2D eigenvalue weighted by molar-refractivity contribution is 0.00252. The summed E-state index contributed by atoms with van der Waals surface area (Å²) in [6.07, 6.45) is 7.92. The second-order valence-electron chi connectivity index (χ2n) is 6.10. The SMILES string of the molecule is CC(N)C(c1cnn(C)c1)N(C)CC1(O)CCCC1. The van der Waals surface area contributed by atoms with Crippen LogP contribution in [0.15, 0.2) is 12.4 Å². The lowest BCUT2D eigenvalue weighted by Crippen LogP contribution is -2.45. The van der Waals surface area contributed by atoms with Gasteiger partial charge in [0.1, 0.15) is 0 Å². The lowest BCUT2D eigenvalue weighted by atomic mass is 9.97. The summed E-state index contributed by atoms with van der Waals surface area (Å²) in [7, 11) is 3.95. The third kappa shape index (κ3) is 3.35. The zero-order chi connectivity index (χ0) is 14.0. The van der Waals surface area contributed by atoms with E-state index in [1.165, 1.54) is 0 Å². The first-order valence-corrected chi connectivity index (χ1v) is 7.08. The molecule has 1 saturated carbocycles. The smallest absolute Gasteiger partial charge is 0.0774 e. The molecule has 0 saturated heterocycles. The maximum absolute atomic E-state index is 10.5. The van der Waals surface area contributed by atoms with Gasteiger partial charge in [0.25, 0.3) is 0 Å². The number of nitrogens with two attached hydrogens (primary N) is 1. The van der Waals surface area contributed by atoms with Crippen molar-refractivity contribution in [2.24, 2.45) is 12.8 Å². The fraction of sp³-hybridized carbons (Fsp3) is 0.786. The Bertz CT molecular complexity index is 409. The summed E-state index contributed by atoms with van der Waals surface area (Å²) in [6, 6.07) is 0.0949. The number of rotatable bonds is 5. The van der Waals surface area contributed by atoms with Crippen molar-refractivity contribution in [3.63, 3.8) is 0 Å². The first-order chi connectivity index (χ1) is 8.91. The Kier molecular flexibility index (Phi) is 4.28. The van der Waals surface area contributed by atoms with E-state index in [0.29, 0.717) is 6.54 Å². The van der Waals surface area contributed by atoms with Gasteiger partial charge in [0.15, 0.2) is 0 Å². The summed E-state index contributed by atoms with van der Waals surface area (Å²) < 4.78 is 1.79. The van der Waals surface area contributed by atoms with E-state index in [2.05, 4.69) is 10.00 Å². The molecule has 108 valence electrons. The van der Waals surface area contributed by atoms with Crippen molar-refractivity contribution in [2.75, 3.05) is 13.6 Å². The number of nitrogens with zero attached hydrogens (tertiary/aromatic N) is 3. The third-order valence-electron chi connectivity index (χ3n) is 4.12. The number of aliphatic hydroxyl groups is 1. The van der Waals surface area contributed by atoms with E-state index < -0.39 is 5.60 Å². The average molecular weight is 266 g/mol. The zero-order valence-electron chi connectivity index (χ0n) is 12.2. The first-order valence-electron chi connectivity index (χ1n) is 7.08. The van der Waals surface area contributed by atoms with Crippen molar-refractivity contribution in [2.45, 2.75) is 50.3 Å². The molecule has 1 aromatic rings. The second kappa shape index (κ2) is 5.61. The molecule has 0 radical (unpaired) electrons. The highest BCUT2D eigenvalue weighted by Gasteiger charge is 2.35. The largest absolute Gasteiger partial charge is 0.389 e. The molecular weight excluding hydrogens is 240 g/mol. The highest BCUT2D eigenvalue weighted by Crippen LogP contribution is 2.32. The molecule has 19 heavy (non-hydrogen) atoms. The molecule has 1 fully saturated rings. The van der Waals surface area contributed by atoms with Crippen LogP contribution in [0, 0.1) is 0 Å². The number of hydrogen-bond acceptors (Lipinski definition) is 4. The standard InChI is InChI=1S/C14H26N4O/c1-11(15)13(12-8-16-18(3)9-12)17(2)10-14(19)6-4-5-7-14/h8-9,11,13,19H,4-7,10,15H2,1-3H3. The normalized spacial score (nSPS) is 21.8. The summed E-state index contributed by atoms with van der Waals surface area (Å²) in [6.45, 7) is 2.68. The molecule has 0 bridgehead atoms. The Morgan fingerprint density at radius 2 is 2.16 bits per heavy atom. The predicted molar refractivity (Wildman–Crippen MR) is 75.6 cm³/mol. The molecule has 0 aliphatic heterocycles. The molecule has 1 aliphatic rings. The Morgan fingerprint density at radius 1 is 1.53 bits per heavy atom. The minimum Gasteiger partial charge on any atom is -0.389 e. The van der Waals surface area contributed by atoms with Crippen LogP contribution in [0.3, 0.4) is 0 Å². The number of likely N-dealkylation sites (N-methyl/N-ethyl adjacent to an activating group) is 1. The number of aryl methyl sites for hydroxylation is 1. The molecule has 1 aliphatic carbocycles. The highest BCUT2D eigenvalue weighted by molar-refractivity contribution is 5.13. The Morgan fingerprint density at radius 3 is 2.63 bits per heavy atom. The second-order valence-corrected chi connectivity index (χ2v) is 6.10. The molecule has 3 N–H and O–H groups in total. The molecule has 0 spiro atoms. The van der Waals surface area contributed by atoms with Gasteiger partial charge in [-0.3, -0.25) is 9.58 Å². The fourth-order valence-electron chi connectivity index (χ4n) is 3.31. The summed E-state index contributed by atoms with van der Waals surface area (Å²) in [4.78, 5) is 2.17. The molecule has 2 atom stereocenters. The van der Waals surface area contributed by atoms with Crippen LogP contribution in [-0.4, -0.2) is 45.0 Å². The molecule has 2 unspecified atom stereocenters. The van der Waals surface area contributed by atoms with E-state index in [4.69, 9.17) is 5.73 Å². The fourth-order valence-corrected chi connectivity index (χ4v) is 3.31. The summed E-state index contributed by atoms with van der Waals surface area (Å²) in [5.74, 6) is 0. The van der Waals surface area contributed by atoms with E-state index in [1.54, 1.807) is 4.68 Å². The van der Waals surface area contributed by atoms with Gasteiger partial charge in [0, 0.05) is 31.4 Å². The van der Waals surface area contributed by atoms with Crippen molar-refractivity contribution < 1.29 is 5.11 Å². The van der Waals surface area contributed by atoms with Crippen LogP contribution < -0.4 is 5.73 Å².